The third-order valence-corrected chi connectivity index (χ3v) is 9.77. The Morgan fingerprint density at radius 2 is 1.40 bits per heavy atom. The van der Waals surface area contributed by atoms with E-state index in [1.54, 1.807) is 20.3 Å². The Morgan fingerprint density at radius 3 is 2.16 bits per heavy atom. The Kier molecular flexibility index (Phi) is 7.71. The summed E-state index contributed by atoms with van der Waals surface area (Å²) in [7, 11) is 7.53. The van der Waals surface area contributed by atoms with Crippen molar-refractivity contribution in [3.05, 3.63) is 99.6 Å². The van der Waals surface area contributed by atoms with E-state index >= 15 is 0 Å². The molecule has 234 valence electrons. The molecule has 2 N–H and O–H groups in total. The fraction of sp³-hybridized carbons (Fsp3) is 0.351. The second-order valence-electron chi connectivity index (χ2n) is 12.4. The number of methoxy groups -OCH3 is 2. The fourth-order valence-corrected chi connectivity index (χ4v) is 7.19. The molecule has 4 aliphatic rings. The molecule has 4 aliphatic heterocycles. The van der Waals surface area contributed by atoms with Crippen LogP contribution in [-0.4, -0.2) is 61.4 Å². The number of hydrogen-bond donors (Lipinski definition) is 2. The summed E-state index contributed by atoms with van der Waals surface area (Å²) in [6.07, 6.45) is 3.20. The van der Waals surface area contributed by atoms with Crippen molar-refractivity contribution in [1.29, 1.82) is 0 Å². The van der Waals surface area contributed by atoms with Crippen LogP contribution in [0.2, 0.25) is 0 Å². The van der Waals surface area contributed by atoms with Crippen LogP contribution in [0.3, 0.4) is 0 Å². The predicted octanol–water partition coefficient (Wildman–Crippen LogP) is 6.34. The van der Waals surface area contributed by atoms with Gasteiger partial charge in [0.25, 0.3) is 0 Å². The number of likely N-dealkylation sites (N-methyl/N-ethyl adjacent to an activating group) is 2. The van der Waals surface area contributed by atoms with Crippen LogP contribution >= 0.6 is 0 Å². The zero-order valence-corrected chi connectivity index (χ0v) is 26.3. The number of ether oxygens (including phenoxy) is 4. The van der Waals surface area contributed by atoms with Crippen LogP contribution in [-0.2, 0) is 32.3 Å². The Balaban J connectivity index is 1.40. The second kappa shape index (κ2) is 11.8. The molecule has 0 saturated carbocycles. The van der Waals surface area contributed by atoms with Crippen molar-refractivity contribution in [2.75, 3.05) is 41.4 Å². The summed E-state index contributed by atoms with van der Waals surface area (Å²) < 4.78 is 24.3. The quantitative estimate of drug-likeness (QED) is 0.273. The molecule has 4 aromatic rings. The van der Waals surface area contributed by atoms with E-state index in [0.29, 0.717) is 28.7 Å². The van der Waals surface area contributed by atoms with E-state index in [2.05, 4.69) is 48.2 Å². The summed E-state index contributed by atoms with van der Waals surface area (Å²) in [5, 5.41) is 22.2. The maximum atomic E-state index is 11.5. The van der Waals surface area contributed by atoms with Crippen LogP contribution < -0.4 is 18.9 Å². The van der Waals surface area contributed by atoms with Gasteiger partial charge < -0.3 is 29.2 Å². The largest absolute Gasteiger partial charge is 0.504 e. The van der Waals surface area contributed by atoms with Gasteiger partial charge in [0.1, 0.15) is 12.4 Å². The number of phenolic OH excluding ortho intramolecular Hbond substituents is 2. The van der Waals surface area contributed by atoms with E-state index in [-0.39, 0.29) is 30.2 Å². The normalized spacial score (nSPS) is 19.7. The van der Waals surface area contributed by atoms with Crippen LogP contribution in [0.25, 0.3) is 0 Å². The SMILES string of the molecule is COc1cc2c3cc1OCc1c(O)c(OC)cc4c1[C@H](Cc1ccc(cc1)Oc1cc(ccc1O)C[C@H]3N(C)CC2)N(C)CC4. The van der Waals surface area contributed by atoms with Gasteiger partial charge in [0.2, 0.25) is 0 Å². The van der Waals surface area contributed by atoms with Crippen molar-refractivity contribution in [2.45, 2.75) is 44.4 Å². The highest BCUT2D eigenvalue weighted by Gasteiger charge is 2.32. The standard InChI is InChI=1S/C37H40N2O6/c1-38-13-11-24-18-33(42-3)34-20-27(24)29(38)16-23-7-10-31(40)32(17-23)45-26-8-5-22(6-9-26)15-30-36-25(12-14-39(30)2)19-35(43-4)37(41)28(36)21-44-34/h5-10,17-20,29-30,40-41H,11-16,21H2,1-4H3/t29-,30+/m1/s1. The minimum absolute atomic E-state index is 0.0159. The van der Waals surface area contributed by atoms with Gasteiger partial charge in [0, 0.05) is 30.7 Å². The molecule has 0 amide bonds. The first-order chi connectivity index (χ1) is 21.8. The number of aromatic hydroxyl groups is 2. The van der Waals surface area contributed by atoms with Gasteiger partial charge in [-0.05, 0) is 116 Å². The first-order valence-corrected chi connectivity index (χ1v) is 15.6. The summed E-state index contributed by atoms with van der Waals surface area (Å²) in [5.41, 5.74) is 7.57. The lowest BCUT2D eigenvalue weighted by Gasteiger charge is -2.37. The Labute approximate surface area is 264 Å². The first kappa shape index (κ1) is 29.3. The summed E-state index contributed by atoms with van der Waals surface area (Å²) >= 11 is 0. The number of hydrogen-bond acceptors (Lipinski definition) is 8. The van der Waals surface area contributed by atoms with E-state index in [0.717, 1.165) is 66.6 Å². The zero-order valence-electron chi connectivity index (χ0n) is 26.3. The summed E-state index contributed by atoms with van der Waals surface area (Å²) in [6.45, 7) is 1.96. The molecule has 4 heterocycles. The van der Waals surface area contributed by atoms with Crippen molar-refractivity contribution in [2.24, 2.45) is 0 Å². The maximum absolute atomic E-state index is 11.5. The summed E-state index contributed by atoms with van der Waals surface area (Å²) in [4.78, 5) is 4.70. The van der Waals surface area contributed by atoms with Crippen LogP contribution in [0, 0.1) is 0 Å². The van der Waals surface area contributed by atoms with E-state index in [1.165, 1.54) is 11.1 Å². The van der Waals surface area contributed by atoms with Crippen molar-refractivity contribution >= 4 is 0 Å². The second-order valence-corrected chi connectivity index (χ2v) is 12.4. The summed E-state index contributed by atoms with van der Waals surface area (Å²) in [5.74, 6) is 3.08. The molecular formula is C37H40N2O6. The molecule has 0 aliphatic carbocycles. The van der Waals surface area contributed by atoms with Gasteiger partial charge in [-0.25, -0.2) is 0 Å². The third kappa shape index (κ3) is 5.42. The lowest BCUT2D eigenvalue weighted by molar-refractivity contribution is 0.217. The molecular weight excluding hydrogens is 568 g/mol. The first-order valence-electron chi connectivity index (χ1n) is 15.6. The molecule has 8 rings (SSSR count). The Hall–Kier alpha value is -4.40. The van der Waals surface area contributed by atoms with Gasteiger partial charge in [0.15, 0.2) is 34.5 Å². The van der Waals surface area contributed by atoms with Crippen LogP contribution in [0.15, 0.2) is 60.7 Å². The van der Waals surface area contributed by atoms with Crippen LogP contribution in [0.4, 0.5) is 0 Å². The molecule has 0 fully saturated rings. The Bertz CT molecular complexity index is 1740. The van der Waals surface area contributed by atoms with Crippen molar-refractivity contribution in [1.82, 2.24) is 9.80 Å². The van der Waals surface area contributed by atoms with Gasteiger partial charge in [-0.1, -0.05) is 18.2 Å². The highest BCUT2D eigenvalue weighted by Crippen LogP contribution is 2.45. The Morgan fingerprint density at radius 1 is 0.733 bits per heavy atom. The highest BCUT2D eigenvalue weighted by molar-refractivity contribution is 5.57. The number of phenols is 2. The molecule has 2 atom stereocenters. The fourth-order valence-electron chi connectivity index (χ4n) is 7.19. The topological polar surface area (TPSA) is 83.9 Å². The smallest absolute Gasteiger partial charge is 0.169 e. The van der Waals surface area contributed by atoms with Gasteiger partial charge in [-0.3, -0.25) is 9.80 Å². The van der Waals surface area contributed by atoms with Crippen molar-refractivity contribution in [3.8, 4) is 40.2 Å². The average Bonchev–Trinajstić information content (AvgIpc) is 3.04. The summed E-state index contributed by atoms with van der Waals surface area (Å²) in [6, 6.07) is 19.9. The van der Waals surface area contributed by atoms with E-state index in [4.69, 9.17) is 18.9 Å². The van der Waals surface area contributed by atoms with Gasteiger partial charge in [0.05, 0.1) is 14.2 Å². The number of nitrogens with zero attached hydrogens (tertiary/aromatic N) is 2. The van der Waals surface area contributed by atoms with Crippen LogP contribution in [0.5, 0.6) is 40.2 Å². The molecule has 0 aromatic heterocycles. The molecule has 8 heteroatoms. The predicted molar refractivity (Wildman–Crippen MR) is 172 cm³/mol. The molecule has 4 aromatic carbocycles. The van der Waals surface area contributed by atoms with Crippen LogP contribution in [0.1, 0.15) is 51.0 Å². The number of fused-ring (bicyclic) bond motifs is 3. The molecule has 0 radical (unpaired) electrons. The van der Waals surface area contributed by atoms with E-state index < -0.39 is 0 Å². The molecule has 0 unspecified atom stereocenters. The van der Waals surface area contributed by atoms with Gasteiger partial charge in [-0.15, -0.1) is 0 Å². The highest BCUT2D eigenvalue weighted by atomic mass is 16.5. The molecule has 6 bridgehead atoms. The molecule has 0 spiro atoms. The third-order valence-electron chi connectivity index (χ3n) is 9.77. The monoisotopic (exact) mass is 608 g/mol. The van der Waals surface area contributed by atoms with E-state index in [9.17, 15) is 10.2 Å². The average molecular weight is 609 g/mol. The van der Waals surface area contributed by atoms with Crippen molar-refractivity contribution in [3.63, 3.8) is 0 Å². The minimum Gasteiger partial charge on any atom is -0.504 e. The van der Waals surface area contributed by atoms with Crippen molar-refractivity contribution < 1.29 is 29.2 Å². The number of benzene rings is 4. The van der Waals surface area contributed by atoms with E-state index in [1.807, 2.05) is 30.3 Å². The molecule has 8 nitrogen and oxygen atoms in total. The lowest BCUT2D eigenvalue weighted by Crippen LogP contribution is -2.34. The molecule has 0 saturated heterocycles. The minimum atomic E-state index is 0.0159. The van der Waals surface area contributed by atoms with Gasteiger partial charge >= 0.3 is 0 Å². The lowest BCUT2D eigenvalue weighted by atomic mass is 9.85. The van der Waals surface area contributed by atoms with Gasteiger partial charge in [-0.2, -0.15) is 0 Å². The molecule has 45 heavy (non-hydrogen) atoms. The maximum Gasteiger partial charge on any atom is 0.169 e. The zero-order chi connectivity index (χ0) is 31.2. The number of rotatable bonds is 2.